The number of nitrogens with zero attached hydrogens (tertiary/aromatic N) is 3. The molecule has 0 aliphatic carbocycles. The Morgan fingerprint density at radius 2 is 1.88 bits per heavy atom. The second kappa shape index (κ2) is 7.36. The maximum Gasteiger partial charge on any atom is 0.274 e. The second-order valence-corrected chi connectivity index (χ2v) is 5.13. The highest BCUT2D eigenvalue weighted by Gasteiger charge is 2.12. The molecule has 0 unspecified atom stereocenters. The van der Waals surface area contributed by atoms with E-state index in [0.29, 0.717) is 11.3 Å². The van der Waals surface area contributed by atoms with Crippen molar-refractivity contribution in [2.45, 2.75) is 0 Å². The predicted octanol–water partition coefficient (Wildman–Crippen LogP) is 3.62. The fraction of sp³-hybridized carbons (Fsp3) is 0. The summed E-state index contributed by atoms with van der Waals surface area (Å²) in [4.78, 5) is 20.3. The van der Waals surface area contributed by atoms with Gasteiger partial charge in [0.05, 0.1) is 11.3 Å². The first-order valence-electron chi connectivity index (χ1n) is 7.42. The molecule has 0 bridgehead atoms. The van der Waals surface area contributed by atoms with E-state index in [9.17, 15) is 13.6 Å². The van der Waals surface area contributed by atoms with Crippen LogP contribution in [0.4, 0.5) is 26.1 Å². The van der Waals surface area contributed by atoms with Gasteiger partial charge in [-0.1, -0.05) is 12.1 Å². The number of halogens is 2. The van der Waals surface area contributed by atoms with Crippen LogP contribution < -0.4 is 10.6 Å². The number of anilines is 3. The number of carbonyl (C=O) groups excluding carboxylic acids is 1. The van der Waals surface area contributed by atoms with Crippen molar-refractivity contribution in [1.29, 1.82) is 5.26 Å². The van der Waals surface area contributed by atoms with Crippen molar-refractivity contribution in [1.82, 2.24) is 9.97 Å². The number of hydrogen-bond donors (Lipinski definition) is 2. The van der Waals surface area contributed by atoms with Crippen LogP contribution in [0.5, 0.6) is 0 Å². The smallest absolute Gasteiger partial charge is 0.274 e. The summed E-state index contributed by atoms with van der Waals surface area (Å²) < 4.78 is 26.2. The molecule has 0 fully saturated rings. The lowest BCUT2D eigenvalue weighted by Gasteiger charge is -2.08. The summed E-state index contributed by atoms with van der Waals surface area (Å²) in [6.45, 7) is 0. The van der Waals surface area contributed by atoms with Gasteiger partial charge in [0.2, 0.25) is 5.95 Å². The molecule has 2 aromatic carbocycles. The minimum Gasteiger partial charge on any atom is -0.323 e. The summed E-state index contributed by atoms with van der Waals surface area (Å²) in [5.41, 5.74) is 0.999. The standard InChI is InChI=1S/C18H11F2N5O/c19-13-6-5-12(9-14(13)20)23-17(26)16-7-8-22-18(25-16)24-15-4-2-1-3-11(15)10-21/h1-9H,(H,23,26)(H,22,24,25). The van der Waals surface area contributed by atoms with Gasteiger partial charge in [0.15, 0.2) is 11.6 Å². The van der Waals surface area contributed by atoms with Crippen molar-refractivity contribution in [3.63, 3.8) is 0 Å². The number of para-hydroxylation sites is 1. The first-order valence-corrected chi connectivity index (χ1v) is 7.42. The normalized spacial score (nSPS) is 10.0. The lowest BCUT2D eigenvalue weighted by molar-refractivity contribution is 0.102. The van der Waals surface area contributed by atoms with E-state index in [1.165, 1.54) is 18.3 Å². The van der Waals surface area contributed by atoms with E-state index >= 15 is 0 Å². The second-order valence-electron chi connectivity index (χ2n) is 5.13. The quantitative estimate of drug-likeness (QED) is 0.749. The Hall–Kier alpha value is -3.86. The third kappa shape index (κ3) is 3.79. The van der Waals surface area contributed by atoms with Crippen LogP contribution in [-0.2, 0) is 0 Å². The Balaban J connectivity index is 1.79. The molecule has 26 heavy (non-hydrogen) atoms. The molecule has 1 aromatic heterocycles. The first kappa shape index (κ1) is 17.0. The topological polar surface area (TPSA) is 90.7 Å². The van der Waals surface area contributed by atoms with E-state index in [1.807, 2.05) is 6.07 Å². The molecule has 0 radical (unpaired) electrons. The Morgan fingerprint density at radius 3 is 2.65 bits per heavy atom. The molecule has 0 saturated heterocycles. The molecule has 0 atom stereocenters. The number of benzene rings is 2. The van der Waals surface area contributed by atoms with Gasteiger partial charge >= 0.3 is 0 Å². The molecule has 0 aliphatic heterocycles. The van der Waals surface area contributed by atoms with E-state index < -0.39 is 17.5 Å². The summed E-state index contributed by atoms with van der Waals surface area (Å²) in [6, 6.07) is 13.2. The first-order chi connectivity index (χ1) is 12.6. The summed E-state index contributed by atoms with van der Waals surface area (Å²) >= 11 is 0. The van der Waals surface area contributed by atoms with Gasteiger partial charge in [-0.25, -0.2) is 18.7 Å². The summed E-state index contributed by atoms with van der Waals surface area (Å²) in [7, 11) is 0. The molecule has 1 amide bonds. The van der Waals surface area contributed by atoms with Crippen LogP contribution in [0.1, 0.15) is 16.1 Å². The molecule has 8 heteroatoms. The van der Waals surface area contributed by atoms with Gasteiger partial charge in [-0.3, -0.25) is 4.79 Å². The van der Waals surface area contributed by atoms with E-state index in [1.54, 1.807) is 24.3 Å². The van der Waals surface area contributed by atoms with Gasteiger partial charge in [0, 0.05) is 18.0 Å². The van der Waals surface area contributed by atoms with Gasteiger partial charge in [0.1, 0.15) is 11.8 Å². The predicted molar refractivity (Wildman–Crippen MR) is 90.8 cm³/mol. The number of nitrogens with one attached hydrogen (secondary N) is 2. The number of hydrogen-bond acceptors (Lipinski definition) is 5. The molecule has 128 valence electrons. The molecule has 0 saturated carbocycles. The molecular weight excluding hydrogens is 340 g/mol. The van der Waals surface area contributed by atoms with Crippen LogP contribution >= 0.6 is 0 Å². The molecule has 0 aliphatic rings. The van der Waals surface area contributed by atoms with Crippen LogP contribution in [-0.4, -0.2) is 15.9 Å². The van der Waals surface area contributed by atoms with Crippen molar-refractivity contribution in [2.24, 2.45) is 0 Å². The average molecular weight is 351 g/mol. The number of nitriles is 1. The monoisotopic (exact) mass is 351 g/mol. The zero-order chi connectivity index (χ0) is 18.5. The Morgan fingerprint density at radius 1 is 1.08 bits per heavy atom. The van der Waals surface area contributed by atoms with E-state index in [4.69, 9.17) is 5.26 Å². The van der Waals surface area contributed by atoms with Gasteiger partial charge in [0.25, 0.3) is 5.91 Å². The average Bonchev–Trinajstić information content (AvgIpc) is 2.65. The number of aromatic nitrogens is 2. The Kier molecular flexibility index (Phi) is 4.80. The van der Waals surface area contributed by atoms with E-state index in [2.05, 4.69) is 20.6 Å². The zero-order valence-corrected chi connectivity index (χ0v) is 13.2. The maximum absolute atomic E-state index is 13.2. The lowest BCUT2D eigenvalue weighted by Crippen LogP contribution is -2.15. The molecule has 3 rings (SSSR count). The van der Waals surface area contributed by atoms with Crippen LogP contribution in [0.25, 0.3) is 0 Å². The highest BCUT2D eigenvalue weighted by molar-refractivity contribution is 6.03. The fourth-order valence-corrected chi connectivity index (χ4v) is 2.12. The minimum absolute atomic E-state index is 0.0154. The highest BCUT2D eigenvalue weighted by Crippen LogP contribution is 2.18. The molecule has 6 nitrogen and oxygen atoms in total. The van der Waals surface area contributed by atoms with Gasteiger partial charge in [-0.05, 0) is 30.3 Å². The van der Waals surface area contributed by atoms with Gasteiger partial charge < -0.3 is 10.6 Å². The highest BCUT2D eigenvalue weighted by atomic mass is 19.2. The fourth-order valence-electron chi connectivity index (χ4n) is 2.12. The van der Waals surface area contributed by atoms with Crippen LogP contribution in [0, 0.1) is 23.0 Å². The lowest BCUT2D eigenvalue weighted by atomic mass is 10.2. The Labute approximate surface area is 147 Å². The maximum atomic E-state index is 13.2. The molecular formula is C18H11F2N5O. The molecule has 1 heterocycles. The minimum atomic E-state index is -1.07. The SMILES string of the molecule is N#Cc1ccccc1Nc1nccc(C(=O)Nc2ccc(F)c(F)c2)n1. The van der Waals surface area contributed by atoms with Crippen molar-refractivity contribution in [2.75, 3.05) is 10.6 Å². The van der Waals surface area contributed by atoms with E-state index in [-0.39, 0.29) is 17.3 Å². The third-order valence-electron chi connectivity index (χ3n) is 3.36. The van der Waals surface area contributed by atoms with Gasteiger partial charge in [-0.15, -0.1) is 0 Å². The molecule has 0 spiro atoms. The van der Waals surface area contributed by atoms with E-state index in [0.717, 1.165) is 12.1 Å². The number of carbonyl (C=O) groups is 1. The van der Waals surface area contributed by atoms with Crippen LogP contribution in [0.15, 0.2) is 54.7 Å². The summed E-state index contributed by atoms with van der Waals surface area (Å²) in [5, 5.41) is 14.4. The van der Waals surface area contributed by atoms with Crippen molar-refractivity contribution in [3.05, 3.63) is 77.6 Å². The van der Waals surface area contributed by atoms with Crippen molar-refractivity contribution < 1.29 is 13.6 Å². The zero-order valence-electron chi connectivity index (χ0n) is 13.2. The summed E-state index contributed by atoms with van der Waals surface area (Å²) in [5.74, 6) is -2.57. The number of amides is 1. The third-order valence-corrected chi connectivity index (χ3v) is 3.36. The molecule has 3 aromatic rings. The van der Waals surface area contributed by atoms with Crippen molar-refractivity contribution >= 4 is 23.2 Å². The van der Waals surface area contributed by atoms with Crippen LogP contribution in [0.3, 0.4) is 0 Å². The van der Waals surface area contributed by atoms with Gasteiger partial charge in [-0.2, -0.15) is 5.26 Å². The Bertz CT molecular complexity index is 1020. The van der Waals surface area contributed by atoms with Crippen molar-refractivity contribution in [3.8, 4) is 6.07 Å². The number of rotatable bonds is 4. The molecule has 2 N–H and O–H groups in total. The summed E-state index contributed by atoms with van der Waals surface area (Å²) in [6.07, 6.45) is 1.37. The van der Waals surface area contributed by atoms with Crippen LogP contribution in [0.2, 0.25) is 0 Å². The largest absolute Gasteiger partial charge is 0.323 e.